The first kappa shape index (κ1) is 15.9. The lowest BCUT2D eigenvalue weighted by Crippen LogP contribution is -2.39. The second-order valence-corrected chi connectivity index (χ2v) is 7.12. The Labute approximate surface area is 147 Å². The Balaban J connectivity index is 1.65. The Bertz CT molecular complexity index is 816. The number of likely N-dealkylation sites (N-methyl/N-ethyl adjacent to an activating group) is 1. The summed E-state index contributed by atoms with van der Waals surface area (Å²) in [6.07, 6.45) is 2.33. The molecule has 0 radical (unpaired) electrons. The molecule has 4 rings (SSSR count). The van der Waals surface area contributed by atoms with Gasteiger partial charge < -0.3 is 9.80 Å². The van der Waals surface area contributed by atoms with E-state index in [1.54, 1.807) is 24.0 Å². The first-order chi connectivity index (χ1) is 12.0. The van der Waals surface area contributed by atoms with Gasteiger partial charge in [-0.05, 0) is 18.1 Å². The van der Waals surface area contributed by atoms with E-state index in [9.17, 15) is 9.59 Å². The number of hydrogen-bond donors (Lipinski definition) is 0. The van der Waals surface area contributed by atoms with E-state index >= 15 is 0 Å². The van der Waals surface area contributed by atoms with Crippen molar-refractivity contribution in [3.63, 3.8) is 0 Å². The van der Waals surface area contributed by atoms with Gasteiger partial charge in [0, 0.05) is 45.8 Å². The average molecular weight is 338 g/mol. The lowest BCUT2D eigenvalue weighted by Gasteiger charge is -2.28. The predicted molar refractivity (Wildman–Crippen MR) is 93.0 cm³/mol. The van der Waals surface area contributed by atoms with Gasteiger partial charge in [0.05, 0.1) is 5.41 Å². The maximum atomic E-state index is 13.0. The second-order valence-electron chi connectivity index (χ2n) is 7.12. The largest absolute Gasteiger partial charge is 0.345 e. The lowest BCUT2D eigenvalue weighted by molar-refractivity contribution is -0.134. The number of hydrogen-bond acceptors (Lipinski definition) is 3. The fourth-order valence-electron chi connectivity index (χ4n) is 4.38. The maximum Gasteiger partial charge on any atom is 0.272 e. The molecular formula is C19H22N4O2. The minimum atomic E-state index is -0.510. The first-order valence-corrected chi connectivity index (χ1v) is 8.61. The van der Waals surface area contributed by atoms with Crippen molar-refractivity contribution in [2.45, 2.75) is 12.3 Å². The summed E-state index contributed by atoms with van der Waals surface area (Å²) >= 11 is 0. The number of amides is 2. The molecule has 2 aromatic rings. The second kappa shape index (κ2) is 5.72. The highest BCUT2D eigenvalue weighted by molar-refractivity contribution is 5.94. The molecule has 2 fully saturated rings. The molecule has 0 N–H and O–H groups in total. The SMILES string of the molecule is CN1C[C@H](c2ccccc2)[C@]2(CCN(C(=O)c3ccnn3C)C2)C1=O. The van der Waals surface area contributed by atoms with Crippen LogP contribution in [0.2, 0.25) is 0 Å². The Morgan fingerprint density at radius 2 is 1.96 bits per heavy atom. The highest BCUT2D eigenvalue weighted by atomic mass is 16.2. The van der Waals surface area contributed by atoms with Gasteiger partial charge in [-0.25, -0.2) is 0 Å². The van der Waals surface area contributed by atoms with Gasteiger partial charge in [-0.1, -0.05) is 30.3 Å². The van der Waals surface area contributed by atoms with Crippen molar-refractivity contribution in [1.82, 2.24) is 19.6 Å². The van der Waals surface area contributed by atoms with Crippen LogP contribution in [-0.2, 0) is 11.8 Å². The molecule has 2 aliphatic rings. The molecule has 2 atom stereocenters. The van der Waals surface area contributed by atoms with Crippen LogP contribution in [0.15, 0.2) is 42.6 Å². The zero-order valence-electron chi connectivity index (χ0n) is 14.6. The van der Waals surface area contributed by atoms with Gasteiger partial charge in [0.2, 0.25) is 5.91 Å². The quantitative estimate of drug-likeness (QED) is 0.834. The molecule has 6 heteroatoms. The van der Waals surface area contributed by atoms with Crippen molar-refractivity contribution in [2.75, 3.05) is 26.7 Å². The van der Waals surface area contributed by atoms with Gasteiger partial charge in [-0.3, -0.25) is 14.3 Å². The van der Waals surface area contributed by atoms with Gasteiger partial charge in [-0.15, -0.1) is 0 Å². The maximum absolute atomic E-state index is 13.0. The highest BCUT2D eigenvalue weighted by Gasteiger charge is 2.57. The summed E-state index contributed by atoms with van der Waals surface area (Å²) in [7, 11) is 3.62. The zero-order valence-corrected chi connectivity index (χ0v) is 14.6. The molecule has 0 aliphatic carbocycles. The third-order valence-corrected chi connectivity index (χ3v) is 5.73. The molecule has 130 valence electrons. The number of carbonyl (C=O) groups is 2. The van der Waals surface area contributed by atoms with E-state index in [4.69, 9.17) is 0 Å². The van der Waals surface area contributed by atoms with Crippen LogP contribution < -0.4 is 0 Å². The molecule has 1 spiro atoms. The Morgan fingerprint density at radius 1 is 1.20 bits per heavy atom. The molecule has 0 unspecified atom stereocenters. The summed E-state index contributed by atoms with van der Waals surface area (Å²) in [5.74, 6) is 0.225. The van der Waals surface area contributed by atoms with E-state index in [2.05, 4.69) is 17.2 Å². The third-order valence-electron chi connectivity index (χ3n) is 5.73. The van der Waals surface area contributed by atoms with Crippen LogP contribution in [0.4, 0.5) is 0 Å². The van der Waals surface area contributed by atoms with E-state index in [0.717, 1.165) is 0 Å². The van der Waals surface area contributed by atoms with Crippen molar-refractivity contribution < 1.29 is 9.59 Å². The molecule has 2 aliphatic heterocycles. The van der Waals surface area contributed by atoms with Gasteiger partial charge in [0.15, 0.2) is 0 Å². The molecule has 2 amide bonds. The molecule has 1 aromatic heterocycles. The number of benzene rings is 1. The third kappa shape index (κ3) is 2.35. The first-order valence-electron chi connectivity index (χ1n) is 8.61. The predicted octanol–water partition coefficient (Wildman–Crippen LogP) is 1.51. The summed E-state index contributed by atoms with van der Waals surface area (Å²) in [4.78, 5) is 29.5. The van der Waals surface area contributed by atoms with Crippen LogP contribution in [0.1, 0.15) is 28.4 Å². The van der Waals surface area contributed by atoms with Crippen LogP contribution in [-0.4, -0.2) is 58.1 Å². The molecular weight excluding hydrogens is 316 g/mol. The standard InChI is InChI=1S/C19H22N4O2/c1-21-12-15(14-6-4-3-5-7-14)19(18(21)25)9-11-23(13-19)17(24)16-8-10-20-22(16)2/h3-8,10,15H,9,11-13H2,1-2H3/t15-,19-/m1/s1. The van der Waals surface area contributed by atoms with Gasteiger partial charge in [0.25, 0.3) is 5.91 Å². The highest BCUT2D eigenvalue weighted by Crippen LogP contribution is 2.49. The van der Waals surface area contributed by atoms with Crippen molar-refractivity contribution in [1.29, 1.82) is 0 Å². The van der Waals surface area contributed by atoms with Crippen molar-refractivity contribution in [2.24, 2.45) is 12.5 Å². The van der Waals surface area contributed by atoms with E-state index in [1.165, 1.54) is 5.56 Å². The number of aryl methyl sites for hydroxylation is 1. The molecule has 1 aromatic carbocycles. The lowest BCUT2D eigenvalue weighted by atomic mass is 9.73. The Kier molecular flexibility index (Phi) is 3.63. The van der Waals surface area contributed by atoms with E-state index in [0.29, 0.717) is 31.7 Å². The van der Waals surface area contributed by atoms with Crippen molar-refractivity contribution in [3.8, 4) is 0 Å². The van der Waals surface area contributed by atoms with Crippen molar-refractivity contribution >= 4 is 11.8 Å². The Hall–Kier alpha value is -2.63. The van der Waals surface area contributed by atoms with Gasteiger partial charge in [-0.2, -0.15) is 5.10 Å². The molecule has 25 heavy (non-hydrogen) atoms. The van der Waals surface area contributed by atoms with Crippen LogP contribution in [0.5, 0.6) is 0 Å². The normalized spacial score (nSPS) is 26.0. The molecule has 2 saturated heterocycles. The number of rotatable bonds is 2. The van der Waals surface area contributed by atoms with Crippen LogP contribution >= 0.6 is 0 Å². The van der Waals surface area contributed by atoms with Gasteiger partial charge >= 0.3 is 0 Å². The minimum Gasteiger partial charge on any atom is -0.345 e. The van der Waals surface area contributed by atoms with Crippen LogP contribution in [0.25, 0.3) is 0 Å². The minimum absolute atomic E-state index is 0.0500. The van der Waals surface area contributed by atoms with E-state index < -0.39 is 5.41 Å². The smallest absolute Gasteiger partial charge is 0.272 e. The molecule has 0 saturated carbocycles. The molecule has 3 heterocycles. The van der Waals surface area contributed by atoms with E-state index in [1.807, 2.05) is 35.0 Å². The van der Waals surface area contributed by atoms with Crippen LogP contribution in [0, 0.1) is 5.41 Å². The molecule has 6 nitrogen and oxygen atoms in total. The summed E-state index contributed by atoms with van der Waals surface area (Å²) in [6.45, 7) is 1.78. The van der Waals surface area contributed by atoms with Gasteiger partial charge in [0.1, 0.15) is 5.69 Å². The number of carbonyl (C=O) groups excluding carboxylic acids is 2. The average Bonchev–Trinajstić information content (AvgIpc) is 3.31. The summed E-state index contributed by atoms with van der Waals surface area (Å²) in [6, 6.07) is 11.9. The number of nitrogens with zero attached hydrogens (tertiary/aromatic N) is 4. The fourth-order valence-corrected chi connectivity index (χ4v) is 4.38. The topological polar surface area (TPSA) is 58.4 Å². The van der Waals surface area contributed by atoms with Crippen LogP contribution in [0.3, 0.4) is 0 Å². The number of aromatic nitrogens is 2. The fraction of sp³-hybridized carbons (Fsp3) is 0.421. The number of likely N-dealkylation sites (tertiary alicyclic amines) is 2. The summed E-state index contributed by atoms with van der Waals surface area (Å²) in [5.41, 5.74) is 1.23. The van der Waals surface area contributed by atoms with Crippen molar-refractivity contribution in [3.05, 3.63) is 53.9 Å². The summed E-state index contributed by atoms with van der Waals surface area (Å²) in [5, 5.41) is 4.08. The monoisotopic (exact) mass is 338 g/mol. The molecule has 0 bridgehead atoms. The Morgan fingerprint density at radius 3 is 2.64 bits per heavy atom. The zero-order chi connectivity index (χ0) is 17.6. The summed E-state index contributed by atoms with van der Waals surface area (Å²) < 4.78 is 1.59. The van der Waals surface area contributed by atoms with E-state index in [-0.39, 0.29) is 17.7 Å².